The Morgan fingerprint density at radius 1 is 1.26 bits per heavy atom. The van der Waals surface area contributed by atoms with E-state index in [1.807, 2.05) is 24.3 Å². The maximum atomic E-state index is 5.68. The average molecular weight is 324 g/mol. The molecule has 0 aliphatic heterocycles. The van der Waals surface area contributed by atoms with E-state index < -0.39 is 0 Å². The van der Waals surface area contributed by atoms with Crippen molar-refractivity contribution >= 4 is 15.9 Å². The highest BCUT2D eigenvalue weighted by molar-refractivity contribution is 9.10. The molecular weight excluding hydrogens is 306 g/mol. The fourth-order valence-electron chi connectivity index (χ4n) is 1.73. The minimum atomic E-state index is 0.513. The number of nitrogens with zero attached hydrogens (tertiary/aromatic N) is 2. The molecule has 4 nitrogen and oxygen atoms in total. The van der Waals surface area contributed by atoms with Crippen LogP contribution in [-0.2, 0) is 6.42 Å². The summed E-state index contributed by atoms with van der Waals surface area (Å²) in [5.74, 6) is 1.26. The highest BCUT2D eigenvalue weighted by atomic mass is 79.9. The number of halogens is 1. The van der Waals surface area contributed by atoms with E-state index in [1.54, 1.807) is 0 Å². The molecule has 1 aromatic carbocycles. The Balaban J connectivity index is 1.94. The van der Waals surface area contributed by atoms with Crippen molar-refractivity contribution in [3.8, 4) is 11.5 Å². The van der Waals surface area contributed by atoms with Gasteiger partial charge in [0.05, 0.1) is 5.56 Å². The van der Waals surface area contributed by atoms with Crippen molar-refractivity contribution in [2.45, 2.75) is 32.7 Å². The van der Waals surface area contributed by atoms with Gasteiger partial charge in [0.25, 0.3) is 0 Å². The zero-order valence-corrected chi connectivity index (χ0v) is 12.8. The van der Waals surface area contributed by atoms with E-state index in [1.165, 1.54) is 0 Å². The Labute approximate surface area is 121 Å². The number of hydrogen-bond donors (Lipinski definition) is 1. The van der Waals surface area contributed by atoms with Gasteiger partial charge in [0.15, 0.2) is 0 Å². The highest BCUT2D eigenvalue weighted by Gasteiger charge is 2.10. The van der Waals surface area contributed by atoms with Crippen LogP contribution in [-0.4, -0.2) is 22.8 Å². The van der Waals surface area contributed by atoms with Gasteiger partial charge in [0.1, 0.15) is 0 Å². The molecule has 0 unspecified atom stereocenters. The molecule has 0 radical (unpaired) electrons. The van der Waals surface area contributed by atoms with Gasteiger partial charge in [-0.2, -0.15) is 0 Å². The Morgan fingerprint density at radius 2 is 2.05 bits per heavy atom. The molecule has 0 aliphatic rings. The van der Waals surface area contributed by atoms with Crippen LogP contribution in [0.3, 0.4) is 0 Å². The van der Waals surface area contributed by atoms with Gasteiger partial charge in [-0.15, -0.1) is 10.2 Å². The third-order valence-corrected chi connectivity index (χ3v) is 3.38. The minimum Gasteiger partial charge on any atom is -0.421 e. The molecule has 0 saturated heterocycles. The molecular formula is C14H18BrN3O. The summed E-state index contributed by atoms with van der Waals surface area (Å²) < 4.78 is 6.64. The summed E-state index contributed by atoms with van der Waals surface area (Å²) >= 11 is 3.48. The first-order valence-electron chi connectivity index (χ1n) is 6.47. The fourth-order valence-corrected chi connectivity index (χ4v) is 2.18. The molecule has 2 aromatic rings. The Kier molecular flexibility index (Phi) is 5.10. The normalized spacial score (nSPS) is 11.2. The number of aromatic nitrogens is 2. The van der Waals surface area contributed by atoms with Crippen LogP contribution in [0.5, 0.6) is 0 Å². The monoisotopic (exact) mass is 323 g/mol. The lowest BCUT2D eigenvalue weighted by Crippen LogP contribution is -2.23. The van der Waals surface area contributed by atoms with Crippen LogP contribution in [0, 0.1) is 0 Å². The van der Waals surface area contributed by atoms with Crippen molar-refractivity contribution in [3.05, 3.63) is 34.6 Å². The molecule has 0 bridgehead atoms. The molecule has 0 spiro atoms. The van der Waals surface area contributed by atoms with Gasteiger partial charge in [-0.05, 0) is 41.0 Å². The number of nitrogens with one attached hydrogen (secondary N) is 1. The van der Waals surface area contributed by atoms with Crippen molar-refractivity contribution in [2.24, 2.45) is 0 Å². The molecule has 102 valence electrons. The standard InChI is InChI=1S/C14H18BrN3O/c1-10(2)16-9-5-8-13-17-18-14(19-13)11-6-3-4-7-12(11)15/h3-4,6-7,10,16H,5,8-9H2,1-2H3. The number of rotatable bonds is 6. The molecule has 1 heterocycles. The first kappa shape index (κ1) is 14.2. The summed E-state index contributed by atoms with van der Waals surface area (Å²) in [5.41, 5.74) is 0.932. The van der Waals surface area contributed by atoms with E-state index in [0.717, 1.165) is 29.4 Å². The van der Waals surface area contributed by atoms with Gasteiger partial charge < -0.3 is 9.73 Å². The maximum Gasteiger partial charge on any atom is 0.248 e. The molecule has 0 amide bonds. The second-order valence-electron chi connectivity index (χ2n) is 4.69. The molecule has 19 heavy (non-hydrogen) atoms. The van der Waals surface area contributed by atoms with E-state index in [0.29, 0.717) is 17.8 Å². The quantitative estimate of drug-likeness (QED) is 0.827. The van der Waals surface area contributed by atoms with Crippen molar-refractivity contribution < 1.29 is 4.42 Å². The van der Waals surface area contributed by atoms with E-state index in [9.17, 15) is 0 Å². The predicted molar refractivity (Wildman–Crippen MR) is 78.9 cm³/mol. The zero-order valence-electron chi connectivity index (χ0n) is 11.2. The molecule has 2 rings (SSSR count). The van der Waals surface area contributed by atoms with E-state index in [-0.39, 0.29) is 0 Å². The van der Waals surface area contributed by atoms with Gasteiger partial charge >= 0.3 is 0 Å². The summed E-state index contributed by atoms with van der Waals surface area (Å²) in [4.78, 5) is 0. The van der Waals surface area contributed by atoms with Crippen LogP contribution in [0.15, 0.2) is 33.2 Å². The van der Waals surface area contributed by atoms with Crippen molar-refractivity contribution in [2.75, 3.05) is 6.54 Å². The molecule has 0 aliphatic carbocycles. The third-order valence-electron chi connectivity index (χ3n) is 2.69. The molecule has 0 saturated carbocycles. The summed E-state index contributed by atoms with van der Waals surface area (Å²) in [6.45, 7) is 5.24. The topological polar surface area (TPSA) is 51.0 Å². The van der Waals surface area contributed by atoms with Crippen LogP contribution >= 0.6 is 15.9 Å². The van der Waals surface area contributed by atoms with E-state index in [2.05, 4.69) is 45.3 Å². The van der Waals surface area contributed by atoms with Gasteiger partial charge in [-0.3, -0.25) is 0 Å². The van der Waals surface area contributed by atoms with Gasteiger partial charge in [-0.25, -0.2) is 0 Å². The fraction of sp³-hybridized carbons (Fsp3) is 0.429. The molecule has 0 fully saturated rings. The SMILES string of the molecule is CC(C)NCCCc1nnc(-c2ccccc2Br)o1. The summed E-state index contributed by atoms with van der Waals surface area (Å²) in [6.07, 6.45) is 1.80. The van der Waals surface area contributed by atoms with Gasteiger partial charge in [-0.1, -0.05) is 26.0 Å². The van der Waals surface area contributed by atoms with Crippen LogP contribution in [0.25, 0.3) is 11.5 Å². The Bertz CT molecular complexity index is 525. The first-order chi connectivity index (χ1) is 9.16. The predicted octanol–water partition coefficient (Wildman–Crippen LogP) is 3.43. The van der Waals surface area contributed by atoms with Crippen molar-refractivity contribution in [3.63, 3.8) is 0 Å². The summed E-state index contributed by atoms with van der Waals surface area (Å²) in [6, 6.07) is 8.35. The Hall–Kier alpha value is -1.20. The lowest BCUT2D eigenvalue weighted by atomic mass is 10.2. The van der Waals surface area contributed by atoms with Crippen molar-refractivity contribution in [1.82, 2.24) is 15.5 Å². The average Bonchev–Trinajstić information content (AvgIpc) is 2.83. The molecule has 1 N–H and O–H groups in total. The summed E-state index contributed by atoms with van der Waals surface area (Å²) in [7, 11) is 0. The third kappa shape index (κ3) is 4.14. The van der Waals surface area contributed by atoms with Crippen LogP contribution < -0.4 is 5.32 Å². The molecule has 1 aromatic heterocycles. The number of aryl methyl sites for hydroxylation is 1. The molecule has 5 heteroatoms. The van der Waals surface area contributed by atoms with E-state index in [4.69, 9.17) is 4.42 Å². The van der Waals surface area contributed by atoms with Crippen molar-refractivity contribution in [1.29, 1.82) is 0 Å². The highest BCUT2D eigenvalue weighted by Crippen LogP contribution is 2.26. The second-order valence-corrected chi connectivity index (χ2v) is 5.55. The van der Waals surface area contributed by atoms with E-state index >= 15 is 0 Å². The lowest BCUT2D eigenvalue weighted by Gasteiger charge is -2.05. The van der Waals surface area contributed by atoms with Crippen LogP contribution in [0.4, 0.5) is 0 Å². The first-order valence-corrected chi connectivity index (χ1v) is 7.27. The van der Waals surface area contributed by atoms with Crippen LogP contribution in [0.1, 0.15) is 26.2 Å². The smallest absolute Gasteiger partial charge is 0.248 e. The lowest BCUT2D eigenvalue weighted by molar-refractivity contribution is 0.484. The maximum absolute atomic E-state index is 5.68. The minimum absolute atomic E-state index is 0.513. The number of benzene rings is 1. The number of hydrogen-bond acceptors (Lipinski definition) is 4. The molecule has 0 atom stereocenters. The van der Waals surface area contributed by atoms with Crippen LogP contribution in [0.2, 0.25) is 0 Å². The van der Waals surface area contributed by atoms with Gasteiger partial charge in [0, 0.05) is 16.9 Å². The summed E-state index contributed by atoms with van der Waals surface area (Å²) in [5, 5.41) is 11.5. The zero-order chi connectivity index (χ0) is 13.7. The van der Waals surface area contributed by atoms with Gasteiger partial charge in [0.2, 0.25) is 11.8 Å². The Morgan fingerprint density at radius 3 is 2.79 bits per heavy atom. The second kappa shape index (κ2) is 6.82. The largest absolute Gasteiger partial charge is 0.421 e.